The Balaban J connectivity index is 2.04. The van der Waals surface area contributed by atoms with E-state index in [2.05, 4.69) is 40.9 Å². The highest BCUT2D eigenvalue weighted by Gasteiger charge is 2.06. The zero-order valence-corrected chi connectivity index (χ0v) is 11.7. The molecule has 2 aromatic rings. The molecule has 1 unspecified atom stereocenters. The molecular weight excluding hydrogens is 242 g/mol. The molecule has 1 N–H and O–H groups in total. The van der Waals surface area contributed by atoms with Gasteiger partial charge >= 0.3 is 0 Å². The second kappa shape index (κ2) is 6.03. The van der Waals surface area contributed by atoms with Crippen molar-refractivity contribution in [2.45, 2.75) is 26.0 Å². The van der Waals surface area contributed by atoms with Crippen molar-refractivity contribution in [2.75, 3.05) is 11.9 Å². The predicted octanol–water partition coefficient (Wildman–Crippen LogP) is 3.83. The minimum absolute atomic E-state index is 0.346. The van der Waals surface area contributed by atoms with Gasteiger partial charge in [-0.25, -0.2) is 0 Å². The second-order valence-electron chi connectivity index (χ2n) is 4.50. The number of hydrogen-bond acceptors (Lipinski definition) is 3. The predicted molar refractivity (Wildman–Crippen MR) is 78.1 cm³/mol. The zero-order chi connectivity index (χ0) is 13.0. The maximum atomic E-state index is 9.75. The summed E-state index contributed by atoms with van der Waals surface area (Å²) in [5.41, 5.74) is 3.50. The summed E-state index contributed by atoms with van der Waals surface area (Å²) in [6.07, 6.45) is 0.408. The van der Waals surface area contributed by atoms with Crippen LogP contribution < -0.4 is 4.90 Å². The highest BCUT2D eigenvalue weighted by atomic mass is 32.1. The lowest BCUT2D eigenvalue weighted by Crippen LogP contribution is -2.15. The van der Waals surface area contributed by atoms with Crippen LogP contribution in [0.1, 0.15) is 30.6 Å². The molecule has 0 saturated carbocycles. The molecule has 2 rings (SSSR count). The number of aliphatic hydroxyl groups excluding tert-OH is 1. The number of nitrogens with zero attached hydrogens (tertiary/aromatic N) is 1. The van der Waals surface area contributed by atoms with E-state index in [1.807, 2.05) is 19.1 Å². The topological polar surface area (TPSA) is 23.5 Å². The quantitative estimate of drug-likeness (QED) is 0.884. The molecule has 1 atom stereocenters. The Hall–Kier alpha value is -1.32. The second-order valence-corrected chi connectivity index (χ2v) is 5.28. The van der Waals surface area contributed by atoms with E-state index in [4.69, 9.17) is 0 Å². The molecule has 0 fully saturated rings. The molecule has 3 heteroatoms. The lowest BCUT2D eigenvalue weighted by Gasteiger charge is -2.19. The number of aliphatic hydroxyl groups is 1. The molecule has 1 aromatic heterocycles. The molecule has 1 heterocycles. The third-order valence-electron chi connectivity index (χ3n) is 3.11. The van der Waals surface area contributed by atoms with Gasteiger partial charge in [-0.05, 0) is 46.5 Å². The van der Waals surface area contributed by atoms with Crippen LogP contribution in [0.15, 0.2) is 41.1 Å². The van der Waals surface area contributed by atoms with E-state index in [9.17, 15) is 5.11 Å². The van der Waals surface area contributed by atoms with Gasteiger partial charge in [-0.2, -0.15) is 11.3 Å². The Morgan fingerprint density at radius 3 is 2.50 bits per heavy atom. The van der Waals surface area contributed by atoms with Crippen LogP contribution in [-0.4, -0.2) is 12.2 Å². The third kappa shape index (κ3) is 3.12. The summed E-state index contributed by atoms with van der Waals surface area (Å²) in [5, 5.41) is 14.0. The molecule has 0 aliphatic carbocycles. The molecule has 2 nitrogen and oxygen atoms in total. The fraction of sp³-hybridized carbons (Fsp3) is 0.333. The molecule has 96 valence electrons. The van der Waals surface area contributed by atoms with Crippen LogP contribution in [0.4, 0.5) is 5.69 Å². The molecule has 0 radical (unpaired) electrons. The van der Waals surface area contributed by atoms with Crippen molar-refractivity contribution < 1.29 is 5.11 Å². The number of rotatable bonds is 5. The Morgan fingerprint density at radius 2 is 1.94 bits per heavy atom. The Labute approximate surface area is 113 Å². The highest BCUT2D eigenvalue weighted by Crippen LogP contribution is 2.21. The molecular formula is C15H19NOS. The fourth-order valence-corrected chi connectivity index (χ4v) is 2.59. The monoisotopic (exact) mass is 261 g/mol. The lowest BCUT2D eigenvalue weighted by atomic mass is 10.1. The minimum atomic E-state index is -0.346. The van der Waals surface area contributed by atoms with E-state index in [-0.39, 0.29) is 6.10 Å². The first-order valence-corrected chi connectivity index (χ1v) is 7.15. The summed E-state index contributed by atoms with van der Waals surface area (Å²) in [5.74, 6) is 0. The van der Waals surface area contributed by atoms with Gasteiger partial charge in [0, 0.05) is 19.3 Å². The van der Waals surface area contributed by atoms with Crippen molar-refractivity contribution in [3.63, 3.8) is 0 Å². The van der Waals surface area contributed by atoms with Gasteiger partial charge in [0.15, 0.2) is 0 Å². The molecule has 0 spiro atoms. The van der Waals surface area contributed by atoms with Crippen LogP contribution in [0.25, 0.3) is 0 Å². The van der Waals surface area contributed by atoms with Crippen LogP contribution in [0.3, 0.4) is 0 Å². The highest BCUT2D eigenvalue weighted by molar-refractivity contribution is 7.07. The van der Waals surface area contributed by atoms with Crippen LogP contribution >= 0.6 is 11.3 Å². The summed E-state index contributed by atoms with van der Waals surface area (Å²) in [7, 11) is 2.09. The fourth-order valence-electron chi connectivity index (χ4n) is 1.93. The van der Waals surface area contributed by atoms with Gasteiger partial charge in [-0.15, -0.1) is 0 Å². The van der Waals surface area contributed by atoms with Crippen LogP contribution in [-0.2, 0) is 6.54 Å². The standard InChI is InChI=1S/C15H19NOS/c1-3-15(17)13-4-6-14(7-5-13)16(2)10-12-8-9-18-11-12/h4-9,11,15,17H,3,10H2,1-2H3. The van der Waals surface area contributed by atoms with E-state index in [1.165, 1.54) is 11.3 Å². The van der Waals surface area contributed by atoms with E-state index in [1.54, 1.807) is 11.3 Å². The Kier molecular flexibility index (Phi) is 4.39. The molecule has 0 aliphatic rings. The largest absolute Gasteiger partial charge is 0.388 e. The van der Waals surface area contributed by atoms with E-state index in [0.29, 0.717) is 0 Å². The molecule has 0 aliphatic heterocycles. The molecule has 0 bridgehead atoms. The first kappa shape index (κ1) is 13.1. The Bertz CT molecular complexity index is 464. The van der Waals surface area contributed by atoms with Crippen molar-refractivity contribution in [3.8, 4) is 0 Å². The zero-order valence-electron chi connectivity index (χ0n) is 10.8. The summed E-state index contributed by atoms with van der Waals surface area (Å²) in [6.45, 7) is 2.90. The summed E-state index contributed by atoms with van der Waals surface area (Å²) in [4.78, 5) is 2.21. The van der Waals surface area contributed by atoms with Gasteiger partial charge in [0.05, 0.1) is 6.10 Å². The molecule has 0 amide bonds. The maximum absolute atomic E-state index is 9.75. The summed E-state index contributed by atoms with van der Waals surface area (Å²) < 4.78 is 0. The number of anilines is 1. The molecule has 1 aromatic carbocycles. The smallest absolute Gasteiger partial charge is 0.0787 e. The van der Waals surface area contributed by atoms with Gasteiger partial charge in [0.1, 0.15) is 0 Å². The normalized spacial score (nSPS) is 12.4. The number of hydrogen-bond donors (Lipinski definition) is 1. The molecule has 18 heavy (non-hydrogen) atoms. The third-order valence-corrected chi connectivity index (χ3v) is 3.84. The van der Waals surface area contributed by atoms with Gasteiger partial charge in [-0.3, -0.25) is 0 Å². The lowest BCUT2D eigenvalue weighted by molar-refractivity contribution is 0.173. The van der Waals surface area contributed by atoms with Crippen molar-refractivity contribution in [1.82, 2.24) is 0 Å². The van der Waals surface area contributed by atoms with Crippen LogP contribution in [0, 0.1) is 0 Å². The summed E-state index contributed by atoms with van der Waals surface area (Å²) in [6, 6.07) is 10.3. The van der Waals surface area contributed by atoms with E-state index in [0.717, 1.165) is 18.5 Å². The van der Waals surface area contributed by atoms with Gasteiger partial charge in [0.25, 0.3) is 0 Å². The van der Waals surface area contributed by atoms with Crippen LogP contribution in [0.5, 0.6) is 0 Å². The number of thiophene rings is 1. The van der Waals surface area contributed by atoms with Gasteiger partial charge in [-0.1, -0.05) is 19.1 Å². The molecule has 0 saturated heterocycles. The average Bonchev–Trinajstić information content (AvgIpc) is 2.91. The van der Waals surface area contributed by atoms with Crippen molar-refractivity contribution in [3.05, 3.63) is 52.2 Å². The SMILES string of the molecule is CCC(O)c1ccc(N(C)Cc2ccsc2)cc1. The average molecular weight is 261 g/mol. The first-order chi connectivity index (χ1) is 8.70. The van der Waals surface area contributed by atoms with Gasteiger partial charge in [0.2, 0.25) is 0 Å². The maximum Gasteiger partial charge on any atom is 0.0787 e. The van der Waals surface area contributed by atoms with E-state index >= 15 is 0 Å². The van der Waals surface area contributed by atoms with Crippen molar-refractivity contribution in [2.24, 2.45) is 0 Å². The van der Waals surface area contributed by atoms with Gasteiger partial charge < -0.3 is 10.0 Å². The van der Waals surface area contributed by atoms with Crippen LogP contribution in [0.2, 0.25) is 0 Å². The van der Waals surface area contributed by atoms with E-state index < -0.39 is 0 Å². The first-order valence-electron chi connectivity index (χ1n) is 6.21. The minimum Gasteiger partial charge on any atom is -0.388 e. The number of benzene rings is 1. The Morgan fingerprint density at radius 1 is 1.22 bits per heavy atom. The summed E-state index contributed by atoms with van der Waals surface area (Å²) >= 11 is 1.73. The van der Waals surface area contributed by atoms with Crippen molar-refractivity contribution >= 4 is 17.0 Å². The van der Waals surface area contributed by atoms with Crippen molar-refractivity contribution in [1.29, 1.82) is 0 Å².